The predicted octanol–water partition coefficient (Wildman–Crippen LogP) is 1.02. The van der Waals surface area contributed by atoms with E-state index in [-0.39, 0.29) is 17.7 Å². The summed E-state index contributed by atoms with van der Waals surface area (Å²) in [5.74, 6) is -0.0224. The van der Waals surface area contributed by atoms with Gasteiger partial charge in [0.1, 0.15) is 11.9 Å². The summed E-state index contributed by atoms with van der Waals surface area (Å²) in [6.07, 6.45) is 1.74. The lowest BCUT2D eigenvalue weighted by Gasteiger charge is -2.28. The van der Waals surface area contributed by atoms with Crippen molar-refractivity contribution in [1.82, 2.24) is 10.3 Å². The molecule has 126 valence electrons. The van der Waals surface area contributed by atoms with Crippen LogP contribution in [0.1, 0.15) is 20.8 Å². The number of anilines is 2. The molecule has 2 heterocycles. The molecule has 1 aromatic heterocycles. The van der Waals surface area contributed by atoms with Crippen LogP contribution in [0.5, 0.6) is 0 Å². The van der Waals surface area contributed by atoms with E-state index < -0.39 is 6.04 Å². The Morgan fingerprint density at radius 2 is 1.96 bits per heavy atom. The minimum Gasteiger partial charge on any atom is -0.378 e. The molecule has 0 saturated carbocycles. The molecule has 0 bridgehead atoms. The van der Waals surface area contributed by atoms with Gasteiger partial charge in [0.25, 0.3) is 0 Å². The van der Waals surface area contributed by atoms with Gasteiger partial charge in [0, 0.05) is 20.0 Å². The summed E-state index contributed by atoms with van der Waals surface area (Å²) in [5.41, 5.74) is 1.01. The standard InChI is InChI=1S/C16H24N4O3/c1-11(2)15(18-12(3)21)16(22)19-14-5-4-13(10-17-14)20-6-8-23-9-7-20/h4-5,10-11,15H,6-9H2,1-3H3,(H,18,21)(H,17,19,22)/t15-/m0/s1. The van der Waals surface area contributed by atoms with Crippen molar-refractivity contribution >= 4 is 23.3 Å². The maximum atomic E-state index is 12.3. The van der Waals surface area contributed by atoms with E-state index in [1.54, 1.807) is 12.3 Å². The highest BCUT2D eigenvalue weighted by Gasteiger charge is 2.23. The smallest absolute Gasteiger partial charge is 0.248 e. The zero-order valence-corrected chi connectivity index (χ0v) is 13.8. The second kappa shape index (κ2) is 7.92. The Balaban J connectivity index is 1.98. The Morgan fingerprint density at radius 1 is 1.26 bits per heavy atom. The molecule has 0 unspecified atom stereocenters. The maximum Gasteiger partial charge on any atom is 0.248 e. The Labute approximate surface area is 136 Å². The van der Waals surface area contributed by atoms with Gasteiger partial charge in [0.05, 0.1) is 25.1 Å². The first-order chi connectivity index (χ1) is 11.0. The highest BCUT2D eigenvalue weighted by molar-refractivity contribution is 5.96. The number of morpholine rings is 1. The van der Waals surface area contributed by atoms with E-state index in [1.165, 1.54) is 6.92 Å². The Bertz CT molecular complexity index is 539. The minimum absolute atomic E-state index is 0.00785. The molecular formula is C16H24N4O3. The Kier molecular flexibility index (Phi) is 5.92. The fraction of sp³-hybridized carbons (Fsp3) is 0.562. The Morgan fingerprint density at radius 3 is 2.48 bits per heavy atom. The van der Waals surface area contributed by atoms with E-state index in [1.807, 2.05) is 19.9 Å². The lowest BCUT2D eigenvalue weighted by Crippen LogP contribution is -2.46. The van der Waals surface area contributed by atoms with Crippen LogP contribution in [0.2, 0.25) is 0 Å². The van der Waals surface area contributed by atoms with Gasteiger partial charge in [-0.3, -0.25) is 9.59 Å². The number of aromatic nitrogens is 1. The van der Waals surface area contributed by atoms with Crippen molar-refractivity contribution in [3.63, 3.8) is 0 Å². The van der Waals surface area contributed by atoms with Crippen LogP contribution in [-0.4, -0.2) is 49.1 Å². The summed E-state index contributed by atoms with van der Waals surface area (Å²) in [6, 6.07) is 3.12. The minimum atomic E-state index is -0.576. The molecule has 7 heteroatoms. The van der Waals surface area contributed by atoms with Crippen LogP contribution < -0.4 is 15.5 Å². The van der Waals surface area contributed by atoms with E-state index in [4.69, 9.17) is 4.74 Å². The lowest BCUT2D eigenvalue weighted by atomic mass is 10.0. The van der Waals surface area contributed by atoms with Gasteiger partial charge in [-0.15, -0.1) is 0 Å². The van der Waals surface area contributed by atoms with Gasteiger partial charge >= 0.3 is 0 Å². The summed E-state index contributed by atoms with van der Waals surface area (Å²) < 4.78 is 5.32. The molecule has 1 saturated heterocycles. The average molecular weight is 320 g/mol. The largest absolute Gasteiger partial charge is 0.378 e. The first-order valence-electron chi connectivity index (χ1n) is 7.84. The number of hydrogen-bond donors (Lipinski definition) is 2. The number of nitrogens with zero attached hydrogens (tertiary/aromatic N) is 2. The van der Waals surface area contributed by atoms with E-state index in [0.717, 1.165) is 18.8 Å². The molecule has 0 aromatic carbocycles. The quantitative estimate of drug-likeness (QED) is 0.846. The summed E-state index contributed by atoms with van der Waals surface area (Å²) in [5, 5.41) is 5.41. The predicted molar refractivity (Wildman–Crippen MR) is 88.3 cm³/mol. The van der Waals surface area contributed by atoms with Crippen LogP contribution in [0, 0.1) is 5.92 Å². The van der Waals surface area contributed by atoms with Crippen molar-refractivity contribution in [1.29, 1.82) is 0 Å². The van der Waals surface area contributed by atoms with Crippen LogP contribution in [-0.2, 0) is 14.3 Å². The van der Waals surface area contributed by atoms with Crippen molar-refractivity contribution in [3.05, 3.63) is 18.3 Å². The van der Waals surface area contributed by atoms with E-state index >= 15 is 0 Å². The molecule has 0 spiro atoms. The molecule has 1 aromatic rings. The molecule has 7 nitrogen and oxygen atoms in total. The molecule has 0 aliphatic carbocycles. The molecule has 1 atom stereocenters. The summed E-state index contributed by atoms with van der Waals surface area (Å²) in [4.78, 5) is 30.0. The molecule has 0 radical (unpaired) electrons. The van der Waals surface area contributed by atoms with Crippen molar-refractivity contribution in [2.24, 2.45) is 5.92 Å². The lowest BCUT2D eigenvalue weighted by molar-refractivity contribution is -0.126. The third-order valence-electron chi connectivity index (χ3n) is 3.68. The van der Waals surface area contributed by atoms with Crippen LogP contribution in [0.3, 0.4) is 0 Å². The summed E-state index contributed by atoms with van der Waals surface area (Å²) >= 11 is 0. The number of hydrogen-bond acceptors (Lipinski definition) is 5. The number of pyridine rings is 1. The molecule has 2 N–H and O–H groups in total. The van der Waals surface area contributed by atoms with Gasteiger partial charge in [-0.25, -0.2) is 4.98 Å². The van der Waals surface area contributed by atoms with E-state index in [0.29, 0.717) is 19.0 Å². The third kappa shape index (κ3) is 4.92. The first-order valence-corrected chi connectivity index (χ1v) is 7.84. The third-order valence-corrected chi connectivity index (χ3v) is 3.68. The fourth-order valence-corrected chi connectivity index (χ4v) is 2.43. The van der Waals surface area contributed by atoms with Gasteiger partial charge in [0.15, 0.2) is 0 Å². The molecular weight excluding hydrogens is 296 g/mol. The van der Waals surface area contributed by atoms with Crippen molar-refractivity contribution in [2.75, 3.05) is 36.5 Å². The van der Waals surface area contributed by atoms with Gasteiger partial charge in [-0.2, -0.15) is 0 Å². The van der Waals surface area contributed by atoms with Crippen LogP contribution in [0.4, 0.5) is 11.5 Å². The van der Waals surface area contributed by atoms with Crippen LogP contribution in [0.25, 0.3) is 0 Å². The van der Waals surface area contributed by atoms with Crippen LogP contribution >= 0.6 is 0 Å². The monoisotopic (exact) mass is 320 g/mol. The average Bonchev–Trinajstić information content (AvgIpc) is 2.53. The number of carbonyl (C=O) groups is 2. The molecule has 2 amide bonds. The molecule has 1 aliphatic heterocycles. The number of carbonyl (C=O) groups excluding carboxylic acids is 2. The van der Waals surface area contributed by atoms with Crippen LogP contribution in [0.15, 0.2) is 18.3 Å². The summed E-state index contributed by atoms with van der Waals surface area (Å²) in [6.45, 7) is 8.27. The van der Waals surface area contributed by atoms with Gasteiger partial charge in [0.2, 0.25) is 11.8 Å². The molecule has 23 heavy (non-hydrogen) atoms. The van der Waals surface area contributed by atoms with Crippen molar-refractivity contribution < 1.29 is 14.3 Å². The van der Waals surface area contributed by atoms with Gasteiger partial charge < -0.3 is 20.3 Å². The normalized spacial score (nSPS) is 16.1. The zero-order chi connectivity index (χ0) is 16.8. The number of ether oxygens (including phenoxy) is 1. The fourth-order valence-electron chi connectivity index (χ4n) is 2.43. The van der Waals surface area contributed by atoms with Gasteiger partial charge in [-0.1, -0.05) is 13.8 Å². The van der Waals surface area contributed by atoms with E-state index in [9.17, 15) is 9.59 Å². The second-order valence-corrected chi connectivity index (χ2v) is 5.91. The number of nitrogens with one attached hydrogen (secondary N) is 2. The van der Waals surface area contributed by atoms with Crippen molar-refractivity contribution in [3.8, 4) is 0 Å². The molecule has 2 rings (SSSR count). The highest BCUT2D eigenvalue weighted by Crippen LogP contribution is 2.17. The summed E-state index contributed by atoms with van der Waals surface area (Å²) in [7, 11) is 0. The molecule has 1 fully saturated rings. The zero-order valence-electron chi connectivity index (χ0n) is 13.8. The van der Waals surface area contributed by atoms with E-state index in [2.05, 4.69) is 20.5 Å². The molecule has 1 aliphatic rings. The Hall–Kier alpha value is -2.15. The first kappa shape index (κ1) is 17.2. The highest BCUT2D eigenvalue weighted by atomic mass is 16.5. The van der Waals surface area contributed by atoms with Crippen molar-refractivity contribution in [2.45, 2.75) is 26.8 Å². The maximum absolute atomic E-state index is 12.3. The number of amides is 2. The topological polar surface area (TPSA) is 83.6 Å². The number of rotatable bonds is 5. The SMILES string of the molecule is CC(=O)N[C@H](C(=O)Nc1ccc(N2CCOCC2)cn1)C(C)C. The van der Waals surface area contributed by atoms with Gasteiger partial charge in [-0.05, 0) is 18.1 Å². The second-order valence-electron chi connectivity index (χ2n) is 5.91.